The van der Waals surface area contributed by atoms with Crippen LogP contribution in [0.1, 0.15) is 44.6 Å². The van der Waals surface area contributed by atoms with E-state index in [0.29, 0.717) is 15.5 Å². The largest absolute Gasteiger partial charge is 0.317 e. The third-order valence-corrected chi connectivity index (χ3v) is 4.84. The molecular weight excluding hydrogens is 265 g/mol. The smallest absolute Gasteiger partial charge is 0.0595 e. The van der Waals surface area contributed by atoms with Crippen molar-refractivity contribution < 1.29 is 0 Å². The molecule has 3 heteroatoms. The van der Waals surface area contributed by atoms with Crippen LogP contribution in [0.3, 0.4) is 0 Å². The second-order valence-corrected chi connectivity index (χ2v) is 6.03. The first-order valence-electron chi connectivity index (χ1n) is 6.84. The average Bonchev–Trinajstić information content (AvgIpc) is 2.31. The van der Waals surface area contributed by atoms with Crippen molar-refractivity contribution in [3.05, 3.63) is 33.8 Å². The third kappa shape index (κ3) is 3.01. The van der Waals surface area contributed by atoms with Gasteiger partial charge < -0.3 is 5.32 Å². The Hall–Kier alpha value is -0.240. The highest BCUT2D eigenvalue weighted by atomic mass is 35.5. The average molecular weight is 286 g/mol. The third-order valence-electron chi connectivity index (χ3n) is 4.10. The molecule has 0 heterocycles. The SMILES string of the molecule is CCNCCCC1(c2ccc(Cl)c(Cl)c2)CCC1. The van der Waals surface area contributed by atoms with E-state index < -0.39 is 0 Å². The van der Waals surface area contributed by atoms with Gasteiger partial charge in [0.1, 0.15) is 0 Å². The molecule has 1 N–H and O–H groups in total. The van der Waals surface area contributed by atoms with E-state index in [-0.39, 0.29) is 0 Å². The molecule has 100 valence electrons. The minimum Gasteiger partial charge on any atom is -0.317 e. The number of rotatable bonds is 6. The molecular formula is C15H21Cl2N. The van der Waals surface area contributed by atoms with Crippen LogP contribution in [0.25, 0.3) is 0 Å². The van der Waals surface area contributed by atoms with Crippen molar-refractivity contribution in [3.63, 3.8) is 0 Å². The number of hydrogen-bond acceptors (Lipinski definition) is 1. The van der Waals surface area contributed by atoms with Crippen LogP contribution in [0.4, 0.5) is 0 Å². The standard InChI is InChI=1S/C15H21Cl2N/c1-2-18-10-4-9-15(7-3-8-15)12-5-6-13(16)14(17)11-12/h5-6,11,18H,2-4,7-10H2,1H3. The molecule has 1 aliphatic rings. The molecule has 1 aromatic rings. The molecule has 0 aliphatic heterocycles. The zero-order valence-corrected chi connectivity index (χ0v) is 12.4. The lowest BCUT2D eigenvalue weighted by molar-refractivity contribution is 0.220. The Balaban J connectivity index is 2.04. The molecule has 0 aromatic heterocycles. The minimum absolute atomic E-state index is 0.365. The van der Waals surface area contributed by atoms with Crippen LogP contribution in [0.5, 0.6) is 0 Å². The fourth-order valence-electron chi connectivity index (χ4n) is 2.84. The van der Waals surface area contributed by atoms with Crippen LogP contribution in [-0.4, -0.2) is 13.1 Å². The molecule has 0 bridgehead atoms. The Labute approximate surface area is 120 Å². The molecule has 18 heavy (non-hydrogen) atoms. The summed E-state index contributed by atoms with van der Waals surface area (Å²) in [5.74, 6) is 0. The highest BCUT2D eigenvalue weighted by Gasteiger charge is 2.38. The van der Waals surface area contributed by atoms with E-state index in [1.165, 1.54) is 37.7 Å². The first-order chi connectivity index (χ1) is 8.68. The zero-order chi connectivity index (χ0) is 13.0. The number of hydrogen-bond donors (Lipinski definition) is 1. The van der Waals surface area contributed by atoms with E-state index >= 15 is 0 Å². The van der Waals surface area contributed by atoms with Crippen molar-refractivity contribution in [3.8, 4) is 0 Å². The molecule has 0 amide bonds. The highest BCUT2D eigenvalue weighted by Crippen LogP contribution is 2.48. The maximum Gasteiger partial charge on any atom is 0.0595 e. The summed E-state index contributed by atoms with van der Waals surface area (Å²) in [5, 5.41) is 4.74. The predicted octanol–water partition coefficient (Wildman–Crippen LogP) is 4.80. The monoisotopic (exact) mass is 285 g/mol. The summed E-state index contributed by atoms with van der Waals surface area (Å²) in [5.41, 5.74) is 1.74. The summed E-state index contributed by atoms with van der Waals surface area (Å²) in [6, 6.07) is 6.15. The van der Waals surface area contributed by atoms with Crippen LogP contribution in [0.15, 0.2) is 18.2 Å². The van der Waals surface area contributed by atoms with Crippen LogP contribution < -0.4 is 5.32 Å². The molecule has 1 aromatic carbocycles. The lowest BCUT2D eigenvalue weighted by atomic mass is 9.62. The summed E-state index contributed by atoms with van der Waals surface area (Å²) in [6.07, 6.45) is 6.39. The van der Waals surface area contributed by atoms with Gasteiger partial charge in [0.2, 0.25) is 0 Å². The van der Waals surface area contributed by atoms with Crippen molar-refractivity contribution >= 4 is 23.2 Å². The quantitative estimate of drug-likeness (QED) is 0.740. The maximum atomic E-state index is 6.14. The number of benzene rings is 1. The van der Waals surface area contributed by atoms with Gasteiger partial charge in [-0.1, -0.05) is 42.6 Å². The van der Waals surface area contributed by atoms with Crippen LogP contribution in [0.2, 0.25) is 10.0 Å². The molecule has 0 radical (unpaired) electrons. The second kappa shape index (κ2) is 6.27. The van der Waals surface area contributed by atoms with E-state index in [2.05, 4.69) is 24.4 Å². The summed E-state index contributed by atoms with van der Waals surface area (Å²) in [4.78, 5) is 0. The summed E-state index contributed by atoms with van der Waals surface area (Å²) < 4.78 is 0. The van der Waals surface area contributed by atoms with Gasteiger partial charge in [0.05, 0.1) is 10.0 Å². The van der Waals surface area contributed by atoms with Crippen molar-refractivity contribution in [1.82, 2.24) is 5.32 Å². The van der Waals surface area contributed by atoms with Crippen molar-refractivity contribution in [2.24, 2.45) is 0 Å². The molecule has 1 fully saturated rings. The molecule has 0 spiro atoms. The van der Waals surface area contributed by atoms with E-state index in [4.69, 9.17) is 23.2 Å². The minimum atomic E-state index is 0.365. The molecule has 0 saturated heterocycles. The molecule has 0 unspecified atom stereocenters. The Kier molecular flexibility index (Phi) is 4.94. The molecule has 1 saturated carbocycles. The molecule has 2 rings (SSSR count). The Morgan fingerprint density at radius 2 is 2.00 bits per heavy atom. The van der Waals surface area contributed by atoms with Gasteiger partial charge in [-0.15, -0.1) is 0 Å². The Morgan fingerprint density at radius 3 is 2.56 bits per heavy atom. The van der Waals surface area contributed by atoms with E-state index in [0.717, 1.165) is 13.1 Å². The van der Waals surface area contributed by atoms with E-state index in [1.807, 2.05) is 6.07 Å². The summed E-state index contributed by atoms with van der Waals surface area (Å²) >= 11 is 12.1. The predicted molar refractivity (Wildman–Crippen MR) is 79.8 cm³/mol. The Bertz CT molecular complexity index is 399. The summed E-state index contributed by atoms with van der Waals surface area (Å²) in [7, 11) is 0. The number of halogens is 2. The maximum absolute atomic E-state index is 6.14. The lowest BCUT2D eigenvalue weighted by Crippen LogP contribution is -2.35. The van der Waals surface area contributed by atoms with Gasteiger partial charge in [-0.25, -0.2) is 0 Å². The van der Waals surface area contributed by atoms with Gasteiger partial charge in [0, 0.05) is 0 Å². The highest BCUT2D eigenvalue weighted by molar-refractivity contribution is 6.42. The van der Waals surface area contributed by atoms with Crippen LogP contribution >= 0.6 is 23.2 Å². The second-order valence-electron chi connectivity index (χ2n) is 5.22. The first kappa shape index (κ1) is 14.2. The van der Waals surface area contributed by atoms with Gasteiger partial charge in [0.25, 0.3) is 0 Å². The van der Waals surface area contributed by atoms with Crippen molar-refractivity contribution in [2.45, 2.75) is 44.4 Å². The van der Waals surface area contributed by atoms with Gasteiger partial charge in [-0.2, -0.15) is 0 Å². The topological polar surface area (TPSA) is 12.0 Å². The van der Waals surface area contributed by atoms with Crippen LogP contribution in [-0.2, 0) is 5.41 Å². The fraction of sp³-hybridized carbons (Fsp3) is 0.600. The normalized spacial score (nSPS) is 17.5. The zero-order valence-electron chi connectivity index (χ0n) is 10.9. The van der Waals surface area contributed by atoms with Crippen LogP contribution in [0, 0.1) is 0 Å². The van der Waals surface area contributed by atoms with Crippen molar-refractivity contribution in [2.75, 3.05) is 13.1 Å². The van der Waals surface area contributed by atoms with Gasteiger partial charge in [-0.3, -0.25) is 0 Å². The lowest BCUT2D eigenvalue weighted by Gasteiger charge is -2.43. The van der Waals surface area contributed by atoms with Gasteiger partial charge in [0.15, 0.2) is 0 Å². The molecule has 1 nitrogen and oxygen atoms in total. The summed E-state index contributed by atoms with van der Waals surface area (Å²) in [6.45, 7) is 4.32. The van der Waals surface area contributed by atoms with Gasteiger partial charge in [-0.05, 0) is 61.9 Å². The molecule has 0 atom stereocenters. The molecule has 1 aliphatic carbocycles. The first-order valence-corrected chi connectivity index (χ1v) is 7.60. The number of nitrogens with one attached hydrogen (secondary N) is 1. The van der Waals surface area contributed by atoms with E-state index in [9.17, 15) is 0 Å². The Morgan fingerprint density at radius 1 is 1.22 bits per heavy atom. The van der Waals surface area contributed by atoms with Gasteiger partial charge >= 0.3 is 0 Å². The van der Waals surface area contributed by atoms with Crippen molar-refractivity contribution in [1.29, 1.82) is 0 Å². The fourth-order valence-corrected chi connectivity index (χ4v) is 3.14. The van der Waals surface area contributed by atoms with E-state index in [1.54, 1.807) is 0 Å².